The molecule has 6 heteroatoms. The van der Waals surface area contributed by atoms with E-state index in [4.69, 9.17) is 17.0 Å². The van der Waals surface area contributed by atoms with Gasteiger partial charge in [0.05, 0.1) is 6.21 Å². The standard InChI is InChI=1S/C20H22N4OS/c1-2-3-9-19-22-23-20(26)24(19)21-14-16-10-12-18(13-11-16)25-15-17-7-5-4-6-8-17/h4-8,10-14H,2-3,9,15H2,1H3,(H,23,26)/b21-14-. The number of rotatable bonds is 8. The largest absolute Gasteiger partial charge is 0.489 e. The van der Waals surface area contributed by atoms with Crippen LogP contribution in [0.1, 0.15) is 36.7 Å². The summed E-state index contributed by atoms with van der Waals surface area (Å²) in [4.78, 5) is 0. The molecular formula is C20H22N4OS. The highest BCUT2D eigenvalue weighted by Gasteiger charge is 2.04. The molecule has 3 aromatic rings. The third kappa shape index (κ3) is 4.89. The quantitative estimate of drug-likeness (QED) is 0.462. The molecule has 26 heavy (non-hydrogen) atoms. The highest BCUT2D eigenvalue weighted by molar-refractivity contribution is 7.71. The van der Waals surface area contributed by atoms with Crippen molar-refractivity contribution in [3.05, 3.63) is 76.3 Å². The number of nitrogens with zero attached hydrogens (tertiary/aromatic N) is 3. The zero-order chi connectivity index (χ0) is 18.2. The van der Waals surface area contributed by atoms with Crippen molar-refractivity contribution in [2.45, 2.75) is 32.8 Å². The Kier molecular flexibility index (Phi) is 6.33. The minimum absolute atomic E-state index is 0.509. The molecule has 0 aliphatic heterocycles. The van der Waals surface area contributed by atoms with E-state index in [1.807, 2.05) is 54.6 Å². The number of unbranched alkanes of at least 4 members (excludes halogenated alkanes) is 1. The number of hydrogen-bond acceptors (Lipinski definition) is 4. The van der Waals surface area contributed by atoms with Crippen LogP contribution in [0.25, 0.3) is 0 Å². The summed E-state index contributed by atoms with van der Waals surface area (Å²) >= 11 is 5.25. The Morgan fingerprint density at radius 1 is 1.15 bits per heavy atom. The van der Waals surface area contributed by atoms with Gasteiger partial charge in [-0.3, -0.25) is 5.10 Å². The van der Waals surface area contributed by atoms with Crippen molar-refractivity contribution in [1.29, 1.82) is 0 Å². The summed E-state index contributed by atoms with van der Waals surface area (Å²) < 4.78 is 7.99. The van der Waals surface area contributed by atoms with Crippen molar-refractivity contribution in [2.24, 2.45) is 5.10 Å². The number of aromatic nitrogens is 3. The fourth-order valence-electron chi connectivity index (χ4n) is 2.46. The number of nitrogens with one attached hydrogen (secondary N) is 1. The van der Waals surface area contributed by atoms with Crippen LogP contribution in [-0.2, 0) is 13.0 Å². The van der Waals surface area contributed by atoms with E-state index < -0.39 is 0 Å². The Hall–Kier alpha value is -2.73. The first-order valence-electron chi connectivity index (χ1n) is 8.73. The number of benzene rings is 2. The average Bonchev–Trinajstić information content (AvgIpc) is 3.04. The van der Waals surface area contributed by atoms with Gasteiger partial charge in [-0.15, -0.1) is 0 Å². The molecule has 1 aromatic heterocycles. The maximum atomic E-state index is 5.80. The SMILES string of the molecule is CCCCc1n[nH]c(=S)n1/N=C\c1ccc(OCc2ccccc2)cc1. The smallest absolute Gasteiger partial charge is 0.216 e. The van der Waals surface area contributed by atoms with Gasteiger partial charge in [0.15, 0.2) is 5.82 Å². The summed E-state index contributed by atoms with van der Waals surface area (Å²) in [6.45, 7) is 2.70. The van der Waals surface area contributed by atoms with E-state index >= 15 is 0 Å². The normalized spacial score (nSPS) is 11.1. The van der Waals surface area contributed by atoms with Crippen molar-refractivity contribution >= 4 is 18.4 Å². The maximum absolute atomic E-state index is 5.80. The van der Waals surface area contributed by atoms with E-state index in [1.54, 1.807) is 10.9 Å². The summed E-state index contributed by atoms with van der Waals surface area (Å²) in [7, 11) is 0. The number of aryl methyl sites for hydroxylation is 1. The Balaban J connectivity index is 1.63. The van der Waals surface area contributed by atoms with Crippen LogP contribution < -0.4 is 4.74 Å². The Bertz CT molecular complexity index is 898. The van der Waals surface area contributed by atoms with Gasteiger partial charge in [0.25, 0.3) is 0 Å². The molecule has 0 aliphatic carbocycles. The van der Waals surface area contributed by atoms with Crippen LogP contribution in [0, 0.1) is 4.77 Å². The average molecular weight is 366 g/mol. The molecule has 0 unspecified atom stereocenters. The van der Waals surface area contributed by atoms with E-state index in [-0.39, 0.29) is 0 Å². The van der Waals surface area contributed by atoms with Crippen molar-refractivity contribution in [3.63, 3.8) is 0 Å². The molecule has 134 valence electrons. The van der Waals surface area contributed by atoms with Crippen LogP contribution in [0.4, 0.5) is 0 Å². The molecule has 0 saturated heterocycles. The molecule has 0 fully saturated rings. The van der Waals surface area contributed by atoms with Crippen LogP contribution >= 0.6 is 12.2 Å². The summed E-state index contributed by atoms with van der Waals surface area (Å²) in [5, 5.41) is 11.5. The number of hydrogen-bond donors (Lipinski definition) is 1. The molecule has 5 nitrogen and oxygen atoms in total. The second-order valence-corrected chi connectivity index (χ2v) is 6.33. The summed E-state index contributed by atoms with van der Waals surface area (Å²) in [5.41, 5.74) is 2.12. The summed E-state index contributed by atoms with van der Waals surface area (Å²) in [6, 6.07) is 17.9. The Morgan fingerprint density at radius 2 is 1.92 bits per heavy atom. The van der Waals surface area contributed by atoms with Crippen LogP contribution in [0.15, 0.2) is 59.7 Å². The molecule has 2 aromatic carbocycles. The monoisotopic (exact) mass is 366 g/mol. The lowest BCUT2D eigenvalue weighted by Gasteiger charge is -2.06. The molecule has 0 aliphatic rings. The first-order valence-corrected chi connectivity index (χ1v) is 9.14. The van der Waals surface area contributed by atoms with Crippen molar-refractivity contribution in [1.82, 2.24) is 14.9 Å². The second kappa shape index (κ2) is 9.10. The summed E-state index contributed by atoms with van der Waals surface area (Å²) in [6.07, 6.45) is 4.80. The predicted molar refractivity (Wildman–Crippen MR) is 106 cm³/mol. The predicted octanol–water partition coefficient (Wildman–Crippen LogP) is 4.74. The molecular weight excluding hydrogens is 344 g/mol. The second-order valence-electron chi connectivity index (χ2n) is 5.95. The van der Waals surface area contributed by atoms with Gasteiger partial charge in [0, 0.05) is 6.42 Å². The third-order valence-electron chi connectivity index (χ3n) is 3.92. The van der Waals surface area contributed by atoms with Gasteiger partial charge in [-0.05, 0) is 54.0 Å². The van der Waals surface area contributed by atoms with Crippen LogP contribution in [0.2, 0.25) is 0 Å². The van der Waals surface area contributed by atoms with Crippen molar-refractivity contribution < 1.29 is 4.74 Å². The number of ether oxygens (including phenoxy) is 1. The summed E-state index contributed by atoms with van der Waals surface area (Å²) in [5.74, 6) is 1.69. The van der Waals surface area contributed by atoms with Crippen LogP contribution in [-0.4, -0.2) is 21.1 Å². The van der Waals surface area contributed by atoms with E-state index in [0.29, 0.717) is 11.4 Å². The first kappa shape index (κ1) is 18.1. The lowest BCUT2D eigenvalue weighted by molar-refractivity contribution is 0.306. The van der Waals surface area contributed by atoms with Gasteiger partial charge in [-0.25, -0.2) is 0 Å². The molecule has 3 rings (SSSR count). The first-order chi connectivity index (χ1) is 12.8. The van der Waals surface area contributed by atoms with Crippen LogP contribution in [0.3, 0.4) is 0 Å². The van der Waals surface area contributed by atoms with Gasteiger partial charge in [-0.2, -0.15) is 14.9 Å². The minimum atomic E-state index is 0.509. The van der Waals surface area contributed by atoms with E-state index in [2.05, 4.69) is 22.2 Å². The fraction of sp³-hybridized carbons (Fsp3) is 0.250. The number of H-pyrrole nitrogens is 1. The van der Waals surface area contributed by atoms with Crippen LogP contribution in [0.5, 0.6) is 5.75 Å². The highest BCUT2D eigenvalue weighted by Crippen LogP contribution is 2.13. The van der Waals surface area contributed by atoms with Gasteiger partial charge in [-0.1, -0.05) is 43.7 Å². The van der Waals surface area contributed by atoms with Crippen molar-refractivity contribution in [2.75, 3.05) is 0 Å². The highest BCUT2D eigenvalue weighted by atomic mass is 32.1. The molecule has 0 saturated carbocycles. The van der Waals surface area contributed by atoms with E-state index in [0.717, 1.165) is 42.0 Å². The zero-order valence-electron chi connectivity index (χ0n) is 14.8. The lowest BCUT2D eigenvalue weighted by atomic mass is 10.2. The topological polar surface area (TPSA) is 55.2 Å². The van der Waals surface area contributed by atoms with E-state index in [9.17, 15) is 0 Å². The minimum Gasteiger partial charge on any atom is -0.489 e. The zero-order valence-corrected chi connectivity index (χ0v) is 15.6. The van der Waals surface area contributed by atoms with E-state index in [1.165, 1.54) is 0 Å². The number of aromatic amines is 1. The van der Waals surface area contributed by atoms with Crippen molar-refractivity contribution in [3.8, 4) is 5.75 Å². The molecule has 1 heterocycles. The fourth-order valence-corrected chi connectivity index (χ4v) is 2.65. The molecule has 0 atom stereocenters. The Morgan fingerprint density at radius 3 is 2.65 bits per heavy atom. The van der Waals surface area contributed by atoms with Gasteiger partial charge >= 0.3 is 0 Å². The molecule has 0 bridgehead atoms. The Labute approximate surface area is 158 Å². The molecule has 0 amide bonds. The lowest BCUT2D eigenvalue weighted by Crippen LogP contribution is -1.99. The van der Waals surface area contributed by atoms with Gasteiger partial charge in [0.2, 0.25) is 4.77 Å². The maximum Gasteiger partial charge on any atom is 0.216 e. The third-order valence-corrected chi connectivity index (χ3v) is 4.19. The molecule has 1 N–H and O–H groups in total. The molecule has 0 spiro atoms. The van der Waals surface area contributed by atoms with Gasteiger partial charge < -0.3 is 4.74 Å². The van der Waals surface area contributed by atoms with Gasteiger partial charge in [0.1, 0.15) is 12.4 Å². The molecule has 0 radical (unpaired) electrons.